The molecule has 22 heavy (non-hydrogen) atoms. The average Bonchev–Trinajstić information content (AvgIpc) is 2.88. The first kappa shape index (κ1) is 15.1. The zero-order valence-electron chi connectivity index (χ0n) is 12.0. The number of methoxy groups -OCH3 is 1. The molecular weight excluding hydrogens is 313 g/mol. The number of benzene rings is 1. The molecule has 2 atom stereocenters. The Balaban J connectivity index is 1.79. The van der Waals surface area contributed by atoms with Crippen molar-refractivity contribution in [3.8, 4) is 11.5 Å². The smallest absolute Gasteiger partial charge is 0.307 e. The number of carbonyl (C=O) groups excluding carboxylic acids is 1. The van der Waals surface area contributed by atoms with Gasteiger partial charge in [-0.25, -0.2) is 0 Å². The number of hydrogen-bond acceptors (Lipinski definition) is 5. The van der Waals surface area contributed by atoms with Crippen LogP contribution in [0.25, 0.3) is 0 Å². The molecule has 2 unspecified atom stereocenters. The topological polar surface area (TPSA) is 72.9 Å². The minimum Gasteiger partial charge on any atom is -0.493 e. The van der Waals surface area contributed by atoms with E-state index in [-0.39, 0.29) is 31.5 Å². The van der Waals surface area contributed by atoms with Gasteiger partial charge in [0, 0.05) is 18.5 Å². The molecule has 2 heterocycles. The molecule has 1 amide bonds. The minimum absolute atomic E-state index is 0.120. The molecule has 8 heteroatoms. The second-order valence-corrected chi connectivity index (χ2v) is 7.08. The van der Waals surface area contributed by atoms with Crippen LogP contribution in [0, 0.1) is 0 Å². The predicted molar refractivity (Wildman–Crippen MR) is 76.1 cm³/mol. The van der Waals surface area contributed by atoms with Crippen LogP contribution in [0.2, 0.25) is 0 Å². The summed E-state index contributed by atoms with van der Waals surface area (Å²) in [5.74, 6) is 0.904. The number of fused-ring (bicyclic) bond motifs is 1. The van der Waals surface area contributed by atoms with Crippen molar-refractivity contribution < 1.29 is 26.6 Å². The van der Waals surface area contributed by atoms with Crippen LogP contribution in [0.5, 0.6) is 11.5 Å². The monoisotopic (exact) mass is 329 g/mol. The van der Waals surface area contributed by atoms with Crippen molar-refractivity contribution >= 4 is 16.1 Å². The Labute approximate surface area is 128 Å². The molecule has 2 aliphatic heterocycles. The van der Waals surface area contributed by atoms with Crippen LogP contribution in [-0.2, 0) is 21.4 Å². The molecular formula is C14H16FNO5S. The van der Waals surface area contributed by atoms with Gasteiger partial charge in [0.15, 0.2) is 11.5 Å². The maximum absolute atomic E-state index is 13.1. The Bertz CT molecular complexity index is 705. The normalized spacial score (nSPS) is 24.8. The highest BCUT2D eigenvalue weighted by molar-refractivity contribution is 7.87. The molecule has 0 radical (unpaired) electrons. The zero-order chi connectivity index (χ0) is 15.9. The van der Waals surface area contributed by atoms with Crippen molar-refractivity contribution in [3.05, 3.63) is 23.8 Å². The van der Waals surface area contributed by atoms with Gasteiger partial charge < -0.3 is 14.4 Å². The summed E-state index contributed by atoms with van der Waals surface area (Å²) < 4.78 is 46.0. The van der Waals surface area contributed by atoms with E-state index in [0.29, 0.717) is 17.9 Å². The molecule has 3 rings (SSSR count). The molecule has 1 aromatic rings. The maximum Gasteiger partial charge on any atom is 0.307 e. The van der Waals surface area contributed by atoms with Gasteiger partial charge >= 0.3 is 10.2 Å². The van der Waals surface area contributed by atoms with Crippen LogP contribution in [0.1, 0.15) is 12.0 Å². The molecule has 1 saturated heterocycles. The molecule has 0 spiro atoms. The summed E-state index contributed by atoms with van der Waals surface area (Å²) in [6.45, 7) is 0.114. The number of likely N-dealkylation sites (tertiary alicyclic amines) is 1. The summed E-state index contributed by atoms with van der Waals surface area (Å²) >= 11 is 0. The molecule has 120 valence electrons. The van der Waals surface area contributed by atoms with Crippen LogP contribution < -0.4 is 9.47 Å². The number of para-hydroxylation sites is 1. The van der Waals surface area contributed by atoms with Crippen molar-refractivity contribution in [3.63, 3.8) is 0 Å². The molecule has 0 aromatic heterocycles. The van der Waals surface area contributed by atoms with Gasteiger partial charge in [-0.15, -0.1) is 3.89 Å². The van der Waals surface area contributed by atoms with E-state index in [0.717, 1.165) is 5.56 Å². The minimum atomic E-state index is -4.70. The average molecular weight is 329 g/mol. The molecule has 0 bridgehead atoms. The van der Waals surface area contributed by atoms with Crippen LogP contribution in [0.3, 0.4) is 0 Å². The summed E-state index contributed by atoms with van der Waals surface area (Å²) in [7, 11) is -3.15. The van der Waals surface area contributed by atoms with Crippen LogP contribution >= 0.6 is 0 Å². The van der Waals surface area contributed by atoms with Crippen molar-refractivity contribution in [1.29, 1.82) is 0 Å². The fourth-order valence-electron chi connectivity index (χ4n) is 2.98. The third-order valence-electron chi connectivity index (χ3n) is 4.12. The SMILES string of the molecule is COc1cccc2c1OCC(N1CC(S(=O)(=O)F)CC1=O)C2. The lowest BCUT2D eigenvalue weighted by atomic mass is 10.0. The lowest BCUT2D eigenvalue weighted by molar-refractivity contribution is -0.130. The van der Waals surface area contributed by atoms with E-state index in [2.05, 4.69) is 0 Å². The fraction of sp³-hybridized carbons (Fsp3) is 0.500. The van der Waals surface area contributed by atoms with Gasteiger partial charge in [-0.1, -0.05) is 12.1 Å². The first-order valence-corrected chi connectivity index (χ1v) is 8.36. The van der Waals surface area contributed by atoms with Crippen molar-refractivity contribution in [1.82, 2.24) is 4.90 Å². The van der Waals surface area contributed by atoms with E-state index < -0.39 is 15.5 Å². The van der Waals surface area contributed by atoms with E-state index >= 15 is 0 Å². The lowest BCUT2D eigenvalue weighted by Crippen LogP contribution is -2.44. The van der Waals surface area contributed by atoms with Crippen molar-refractivity contribution in [2.75, 3.05) is 20.3 Å². The summed E-state index contributed by atoms with van der Waals surface area (Å²) in [6, 6.07) is 5.18. The first-order chi connectivity index (χ1) is 10.4. The molecule has 0 N–H and O–H groups in total. The maximum atomic E-state index is 13.1. The summed E-state index contributed by atoms with van der Waals surface area (Å²) in [6.07, 6.45) is 0.220. The number of halogens is 1. The van der Waals surface area contributed by atoms with Gasteiger partial charge in [0.2, 0.25) is 5.91 Å². The van der Waals surface area contributed by atoms with Crippen molar-refractivity contribution in [2.24, 2.45) is 0 Å². The van der Waals surface area contributed by atoms with E-state index in [9.17, 15) is 17.1 Å². The molecule has 1 fully saturated rings. The first-order valence-electron chi connectivity index (χ1n) is 6.91. The number of amides is 1. The lowest BCUT2D eigenvalue weighted by Gasteiger charge is -2.32. The highest BCUT2D eigenvalue weighted by Crippen LogP contribution is 2.36. The van der Waals surface area contributed by atoms with Gasteiger partial charge in [-0.05, 0) is 12.5 Å². The molecule has 1 aromatic carbocycles. The van der Waals surface area contributed by atoms with Gasteiger partial charge in [0.05, 0.1) is 13.2 Å². The standard InChI is InChI=1S/C14H16FNO5S/c1-20-12-4-2-3-9-5-10(8-21-14(9)12)16-7-11(6-13(16)17)22(15,18)19/h2-4,10-11H,5-8H2,1H3. The van der Waals surface area contributed by atoms with E-state index in [1.165, 1.54) is 4.90 Å². The molecule has 2 aliphatic rings. The summed E-state index contributed by atoms with van der Waals surface area (Å²) in [5, 5.41) is -1.27. The largest absolute Gasteiger partial charge is 0.493 e. The summed E-state index contributed by atoms with van der Waals surface area (Å²) in [5.41, 5.74) is 0.884. The van der Waals surface area contributed by atoms with E-state index in [4.69, 9.17) is 9.47 Å². The van der Waals surface area contributed by atoms with E-state index in [1.807, 2.05) is 12.1 Å². The van der Waals surface area contributed by atoms with Gasteiger partial charge in [0.1, 0.15) is 11.9 Å². The van der Waals surface area contributed by atoms with Gasteiger partial charge in [0.25, 0.3) is 0 Å². The molecule has 0 aliphatic carbocycles. The van der Waals surface area contributed by atoms with Crippen LogP contribution in [0.15, 0.2) is 18.2 Å². The van der Waals surface area contributed by atoms with Gasteiger partial charge in [-0.3, -0.25) is 4.79 Å². The summed E-state index contributed by atoms with van der Waals surface area (Å²) in [4.78, 5) is 13.4. The Morgan fingerprint density at radius 1 is 1.36 bits per heavy atom. The van der Waals surface area contributed by atoms with Crippen LogP contribution in [-0.4, -0.2) is 50.8 Å². The second-order valence-electron chi connectivity index (χ2n) is 5.47. The quantitative estimate of drug-likeness (QED) is 0.771. The Kier molecular flexibility index (Phi) is 3.72. The molecule has 6 nitrogen and oxygen atoms in total. The molecule has 0 saturated carbocycles. The van der Waals surface area contributed by atoms with E-state index in [1.54, 1.807) is 13.2 Å². The number of hydrogen-bond donors (Lipinski definition) is 0. The number of ether oxygens (including phenoxy) is 2. The Morgan fingerprint density at radius 3 is 2.77 bits per heavy atom. The second kappa shape index (κ2) is 5.42. The Morgan fingerprint density at radius 2 is 2.14 bits per heavy atom. The van der Waals surface area contributed by atoms with Crippen molar-refractivity contribution in [2.45, 2.75) is 24.1 Å². The van der Waals surface area contributed by atoms with Crippen LogP contribution in [0.4, 0.5) is 3.89 Å². The third-order valence-corrected chi connectivity index (χ3v) is 5.23. The number of carbonyl (C=O) groups is 1. The zero-order valence-corrected chi connectivity index (χ0v) is 12.8. The highest BCUT2D eigenvalue weighted by Gasteiger charge is 2.42. The third kappa shape index (κ3) is 2.63. The number of rotatable bonds is 3. The predicted octanol–water partition coefficient (Wildman–Crippen LogP) is 0.899. The highest BCUT2D eigenvalue weighted by atomic mass is 32.3. The fourth-order valence-corrected chi connectivity index (χ4v) is 3.66. The Hall–Kier alpha value is -1.83. The number of nitrogens with zero attached hydrogens (tertiary/aromatic N) is 1. The van der Waals surface area contributed by atoms with Gasteiger partial charge in [-0.2, -0.15) is 8.42 Å².